The Bertz CT molecular complexity index is 646. The van der Waals surface area contributed by atoms with Gasteiger partial charge < -0.3 is 4.90 Å². The maximum atomic E-state index is 12.0. The first-order valence-corrected chi connectivity index (χ1v) is 9.26. The third-order valence-electron chi connectivity index (χ3n) is 4.70. The van der Waals surface area contributed by atoms with Crippen LogP contribution in [-0.2, 0) is 9.84 Å². The number of aromatic nitrogens is 2. The molecule has 0 radical (unpaired) electrons. The number of rotatable bonds is 2. The highest BCUT2D eigenvalue weighted by molar-refractivity contribution is 7.90. The Labute approximate surface area is 126 Å². The SMILES string of the molecule is Cc1ncc(S(C)(=O)=O)c(N2CC[C@H]3CC[C@@H](C2)N3C)n1. The predicted octanol–water partition coefficient (Wildman–Crippen LogP) is 0.861. The van der Waals surface area contributed by atoms with Gasteiger partial charge in [-0.05, 0) is 33.2 Å². The van der Waals surface area contributed by atoms with Crippen LogP contribution in [0.25, 0.3) is 0 Å². The molecular formula is C14H22N4O2S. The lowest BCUT2D eigenvalue weighted by atomic mass is 10.1. The molecule has 3 heterocycles. The van der Waals surface area contributed by atoms with Crippen LogP contribution in [0.2, 0.25) is 0 Å². The summed E-state index contributed by atoms with van der Waals surface area (Å²) in [4.78, 5) is 13.3. The van der Waals surface area contributed by atoms with Crippen molar-refractivity contribution in [3.63, 3.8) is 0 Å². The van der Waals surface area contributed by atoms with E-state index in [1.807, 2.05) is 0 Å². The molecule has 2 atom stereocenters. The summed E-state index contributed by atoms with van der Waals surface area (Å²) in [5, 5.41) is 0. The van der Waals surface area contributed by atoms with E-state index in [0.717, 1.165) is 19.5 Å². The van der Waals surface area contributed by atoms with Crippen molar-refractivity contribution in [2.75, 3.05) is 31.3 Å². The van der Waals surface area contributed by atoms with Crippen LogP contribution in [0, 0.1) is 6.92 Å². The number of hydrogen-bond donors (Lipinski definition) is 0. The van der Waals surface area contributed by atoms with Crippen molar-refractivity contribution in [2.24, 2.45) is 0 Å². The molecule has 0 aliphatic carbocycles. The number of likely N-dealkylation sites (N-methyl/N-ethyl adjacent to an activating group) is 1. The second kappa shape index (κ2) is 5.21. The Morgan fingerprint density at radius 1 is 1.24 bits per heavy atom. The van der Waals surface area contributed by atoms with Gasteiger partial charge in [0.25, 0.3) is 0 Å². The Hall–Kier alpha value is -1.21. The zero-order valence-electron chi connectivity index (χ0n) is 12.8. The quantitative estimate of drug-likeness (QED) is 0.807. The number of aryl methyl sites for hydroxylation is 1. The molecule has 0 saturated carbocycles. The van der Waals surface area contributed by atoms with Gasteiger partial charge >= 0.3 is 0 Å². The summed E-state index contributed by atoms with van der Waals surface area (Å²) in [5.74, 6) is 1.19. The first-order chi connectivity index (χ1) is 9.86. The molecule has 1 aromatic rings. The van der Waals surface area contributed by atoms with Crippen LogP contribution in [0.3, 0.4) is 0 Å². The monoisotopic (exact) mass is 310 g/mol. The predicted molar refractivity (Wildman–Crippen MR) is 81.3 cm³/mol. The van der Waals surface area contributed by atoms with Gasteiger partial charge in [0.05, 0.1) is 6.20 Å². The number of sulfone groups is 1. The number of hydrogen-bond acceptors (Lipinski definition) is 6. The Kier molecular flexibility index (Phi) is 3.65. The molecule has 2 aliphatic rings. The largest absolute Gasteiger partial charge is 0.354 e. The summed E-state index contributed by atoms with van der Waals surface area (Å²) in [6, 6.07) is 1.10. The average molecular weight is 310 g/mol. The summed E-state index contributed by atoms with van der Waals surface area (Å²) in [6.45, 7) is 3.49. The van der Waals surface area contributed by atoms with Crippen LogP contribution in [0.1, 0.15) is 25.1 Å². The lowest BCUT2D eigenvalue weighted by molar-refractivity contribution is 0.254. The maximum absolute atomic E-state index is 12.0. The Morgan fingerprint density at radius 2 is 1.95 bits per heavy atom. The Balaban J connectivity index is 1.99. The van der Waals surface area contributed by atoms with Crippen molar-refractivity contribution in [1.82, 2.24) is 14.9 Å². The number of anilines is 1. The van der Waals surface area contributed by atoms with E-state index in [0.29, 0.717) is 23.7 Å². The topological polar surface area (TPSA) is 66.4 Å². The molecule has 2 aliphatic heterocycles. The van der Waals surface area contributed by atoms with E-state index in [9.17, 15) is 8.42 Å². The molecule has 0 aromatic carbocycles. The summed E-state index contributed by atoms with van der Waals surface area (Å²) < 4.78 is 24.0. The van der Waals surface area contributed by atoms with Gasteiger partial charge in [-0.25, -0.2) is 18.4 Å². The Morgan fingerprint density at radius 3 is 2.67 bits per heavy atom. The maximum Gasteiger partial charge on any atom is 0.180 e. The highest BCUT2D eigenvalue weighted by atomic mass is 32.2. The molecule has 0 spiro atoms. The minimum atomic E-state index is -3.32. The van der Waals surface area contributed by atoms with Crippen LogP contribution < -0.4 is 4.90 Å². The minimum absolute atomic E-state index is 0.244. The highest BCUT2D eigenvalue weighted by Gasteiger charge is 2.36. The third-order valence-corrected chi connectivity index (χ3v) is 5.79. The van der Waals surface area contributed by atoms with Gasteiger partial charge in [-0.15, -0.1) is 0 Å². The van der Waals surface area contributed by atoms with Gasteiger partial charge in [0, 0.05) is 31.4 Å². The fraction of sp³-hybridized carbons (Fsp3) is 0.714. The normalized spacial score (nSPS) is 26.9. The molecule has 116 valence electrons. The third kappa shape index (κ3) is 2.76. The molecule has 2 fully saturated rings. The van der Waals surface area contributed by atoms with Gasteiger partial charge in [0.15, 0.2) is 15.7 Å². The van der Waals surface area contributed by atoms with Crippen LogP contribution >= 0.6 is 0 Å². The average Bonchev–Trinajstić information content (AvgIpc) is 2.61. The highest BCUT2D eigenvalue weighted by Crippen LogP contribution is 2.32. The van der Waals surface area contributed by atoms with E-state index in [4.69, 9.17) is 0 Å². The van der Waals surface area contributed by atoms with Gasteiger partial charge in [-0.2, -0.15) is 0 Å². The van der Waals surface area contributed by atoms with Crippen LogP contribution in [0.4, 0.5) is 5.82 Å². The van der Waals surface area contributed by atoms with Crippen molar-refractivity contribution >= 4 is 15.7 Å². The first-order valence-electron chi connectivity index (χ1n) is 7.37. The summed E-state index contributed by atoms with van der Waals surface area (Å²) >= 11 is 0. The fourth-order valence-electron chi connectivity index (χ4n) is 3.44. The van der Waals surface area contributed by atoms with E-state index in [-0.39, 0.29) is 4.90 Å². The fourth-order valence-corrected chi connectivity index (χ4v) is 4.19. The van der Waals surface area contributed by atoms with Crippen molar-refractivity contribution in [2.45, 2.75) is 43.2 Å². The zero-order chi connectivity index (χ0) is 15.2. The summed E-state index contributed by atoms with van der Waals surface area (Å²) in [7, 11) is -1.14. The molecule has 0 unspecified atom stereocenters. The summed E-state index contributed by atoms with van der Waals surface area (Å²) in [6.07, 6.45) is 6.15. The number of fused-ring (bicyclic) bond motifs is 2. The van der Waals surface area contributed by atoms with Gasteiger partial charge in [0.1, 0.15) is 10.7 Å². The molecule has 0 N–H and O–H groups in total. The lowest BCUT2D eigenvalue weighted by Gasteiger charge is -2.27. The van der Waals surface area contributed by atoms with E-state index >= 15 is 0 Å². The van der Waals surface area contributed by atoms with Crippen LogP contribution in [-0.4, -0.2) is 61.8 Å². The molecule has 2 saturated heterocycles. The van der Waals surface area contributed by atoms with E-state index in [1.54, 1.807) is 6.92 Å². The molecule has 21 heavy (non-hydrogen) atoms. The van der Waals surface area contributed by atoms with Gasteiger partial charge in [-0.1, -0.05) is 0 Å². The molecule has 7 heteroatoms. The smallest absolute Gasteiger partial charge is 0.180 e. The summed E-state index contributed by atoms with van der Waals surface area (Å²) in [5.41, 5.74) is 0. The number of nitrogens with zero attached hydrogens (tertiary/aromatic N) is 4. The molecule has 6 nitrogen and oxygen atoms in total. The first kappa shape index (κ1) is 14.7. The molecule has 3 rings (SSSR count). The van der Waals surface area contributed by atoms with Gasteiger partial charge in [0.2, 0.25) is 0 Å². The van der Waals surface area contributed by atoms with Crippen molar-refractivity contribution in [1.29, 1.82) is 0 Å². The molecule has 0 amide bonds. The van der Waals surface area contributed by atoms with E-state index < -0.39 is 9.84 Å². The van der Waals surface area contributed by atoms with E-state index in [2.05, 4.69) is 26.8 Å². The van der Waals surface area contributed by atoms with Crippen molar-refractivity contribution < 1.29 is 8.42 Å². The van der Waals surface area contributed by atoms with Crippen molar-refractivity contribution in [3.8, 4) is 0 Å². The standard InChI is InChI=1S/C14H22N4O2S/c1-10-15-8-13(21(3,19)20)14(16-10)18-7-6-11-4-5-12(9-18)17(11)2/h8,11-12H,4-7,9H2,1-3H3/t11-,12+/m1/s1. The van der Waals surface area contributed by atoms with Gasteiger partial charge in [-0.3, -0.25) is 4.90 Å². The molecule has 1 aromatic heterocycles. The molecular weight excluding hydrogens is 288 g/mol. The zero-order valence-corrected chi connectivity index (χ0v) is 13.6. The molecule has 2 bridgehead atoms. The lowest BCUT2D eigenvalue weighted by Crippen LogP contribution is -2.37. The second-order valence-corrected chi connectivity index (χ2v) is 8.15. The van der Waals surface area contributed by atoms with Crippen molar-refractivity contribution in [3.05, 3.63) is 12.0 Å². The van der Waals surface area contributed by atoms with E-state index in [1.165, 1.54) is 25.3 Å². The second-order valence-electron chi connectivity index (χ2n) is 6.16. The van der Waals surface area contributed by atoms with Crippen LogP contribution in [0.15, 0.2) is 11.1 Å². The minimum Gasteiger partial charge on any atom is -0.354 e. The van der Waals surface area contributed by atoms with Crippen LogP contribution in [0.5, 0.6) is 0 Å².